The van der Waals surface area contributed by atoms with Gasteiger partial charge in [0.1, 0.15) is 0 Å². The highest BCUT2D eigenvalue weighted by atomic mass is 16.5. The third kappa shape index (κ3) is 6.39. The standard InChI is InChI=1S/C14H29NO2/c1-11(10-15-14(2,3)4)17-13-8-6-7-12(9-13)16-5/h11-13,15H,6-10H2,1-5H3. The lowest BCUT2D eigenvalue weighted by Crippen LogP contribution is -2.42. The van der Waals surface area contributed by atoms with Crippen LogP contribution in [0.3, 0.4) is 0 Å². The van der Waals surface area contributed by atoms with Gasteiger partial charge in [-0.2, -0.15) is 0 Å². The van der Waals surface area contributed by atoms with E-state index in [1.807, 2.05) is 0 Å². The molecule has 0 radical (unpaired) electrons. The van der Waals surface area contributed by atoms with Gasteiger partial charge in [0.25, 0.3) is 0 Å². The summed E-state index contributed by atoms with van der Waals surface area (Å²) < 4.78 is 11.5. The molecule has 0 bridgehead atoms. The highest BCUT2D eigenvalue weighted by molar-refractivity contribution is 4.76. The second kappa shape index (κ2) is 6.72. The summed E-state index contributed by atoms with van der Waals surface area (Å²) >= 11 is 0. The summed E-state index contributed by atoms with van der Waals surface area (Å²) in [6, 6.07) is 0. The van der Waals surface area contributed by atoms with Crippen LogP contribution in [-0.2, 0) is 9.47 Å². The van der Waals surface area contributed by atoms with Crippen molar-refractivity contribution in [1.29, 1.82) is 0 Å². The lowest BCUT2D eigenvalue weighted by atomic mass is 9.95. The quantitative estimate of drug-likeness (QED) is 0.805. The first-order chi connectivity index (χ1) is 7.90. The third-order valence-corrected chi connectivity index (χ3v) is 3.26. The molecule has 0 saturated heterocycles. The molecule has 1 aliphatic carbocycles. The van der Waals surface area contributed by atoms with E-state index in [-0.39, 0.29) is 11.6 Å². The maximum atomic E-state index is 6.08. The second-order valence-corrected chi connectivity index (χ2v) is 6.22. The zero-order valence-electron chi connectivity index (χ0n) is 12.1. The number of hydrogen-bond acceptors (Lipinski definition) is 3. The number of rotatable bonds is 5. The van der Waals surface area contributed by atoms with Gasteiger partial charge in [0.2, 0.25) is 0 Å². The summed E-state index contributed by atoms with van der Waals surface area (Å²) in [6.07, 6.45) is 5.70. The SMILES string of the molecule is COC1CCCC(OC(C)CNC(C)(C)C)C1. The van der Waals surface area contributed by atoms with Crippen LogP contribution in [0.4, 0.5) is 0 Å². The fourth-order valence-corrected chi connectivity index (χ4v) is 2.27. The smallest absolute Gasteiger partial charge is 0.0675 e. The normalized spacial score (nSPS) is 28.1. The van der Waals surface area contributed by atoms with Crippen LogP contribution in [0.2, 0.25) is 0 Å². The molecule has 1 N–H and O–H groups in total. The van der Waals surface area contributed by atoms with Gasteiger partial charge < -0.3 is 14.8 Å². The molecule has 0 heterocycles. The van der Waals surface area contributed by atoms with Gasteiger partial charge in [-0.05, 0) is 53.4 Å². The van der Waals surface area contributed by atoms with Crippen molar-refractivity contribution in [3.8, 4) is 0 Å². The Bertz CT molecular complexity index is 213. The molecule has 1 rings (SSSR count). The molecule has 102 valence electrons. The fraction of sp³-hybridized carbons (Fsp3) is 1.00. The fourth-order valence-electron chi connectivity index (χ4n) is 2.27. The minimum Gasteiger partial charge on any atom is -0.381 e. The zero-order chi connectivity index (χ0) is 12.9. The lowest BCUT2D eigenvalue weighted by Gasteiger charge is -2.31. The van der Waals surface area contributed by atoms with Gasteiger partial charge in [-0.1, -0.05) is 0 Å². The van der Waals surface area contributed by atoms with Crippen LogP contribution in [0.5, 0.6) is 0 Å². The lowest BCUT2D eigenvalue weighted by molar-refractivity contribution is -0.0592. The van der Waals surface area contributed by atoms with Crippen LogP contribution in [0, 0.1) is 0 Å². The van der Waals surface area contributed by atoms with Crippen molar-refractivity contribution in [2.45, 2.75) is 77.2 Å². The molecule has 3 nitrogen and oxygen atoms in total. The maximum Gasteiger partial charge on any atom is 0.0675 e. The van der Waals surface area contributed by atoms with Crippen LogP contribution >= 0.6 is 0 Å². The van der Waals surface area contributed by atoms with Crippen molar-refractivity contribution in [1.82, 2.24) is 5.32 Å². The molecular weight excluding hydrogens is 214 g/mol. The predicted molar refractivity (Wildman–Crippen MR) is 71.4 cm³/mol. The van der Waals surface area contributed by atoms with E-state index in [4.69, 9.17) is 9.47 Å². The summed E-state index contributed by atoms with van der Waals surface area (Å²) in [5.41, 5.74) is 0.166. The van der Waals surface area contributed by atoms with Crippen molar-refractivity contribution in [3.63, 3.8) is 0 Å². The largest absolute Gasteiger partial charge is 0.381 e. The molecule has 1 saturated carbocycles. The Morgan fingerprint density at radius 2 is 1.88 bits per heavy atom. The molecule has 3 atom stereocenters. The van der Waals surface area contributed by atoms with E-state index in [1.165, 1.54) is 19.3 Å². The summed E-state index contributed by atoms with van der Waals surface area (Å²) in [6.45, 7) is 9.61. The van der Waals surface area contributed by atoms with Crippen LogP contribution in [0.15, 0.2) is 0 Å². The highest BCUT2D eigenvalue weighted by Crippen LogP contribution is 2.23. The number of hydrogen-bond donors (Lipinski definition) is 1. The van der Waals surface area contributed by atoms with E-state index >= 15 is 0 Å². The van der Waals surface area contributed by atoms with E-state index in [2.05, 4.69) is 33.0 Å². The highest BCUT2D eigenvalue weighted by Gasteiger charge is 2.24. The van der Waals surface area contributed by atoms with E-state index in [1.54, 1.807) is 7.11 Å². The van der Waals surface area contributed by atoms with Crippen molar-refractivity contribution in [2.75, 3.05) is 13.7 Å². The van der Waals surface area contributed by atoms with Gasteiger partial charge in [0, 0.05) is 19.2 Å². The molecule has 17 heavy (non-hydrogen) atoms. The summed E-state index contributed by atoms with van der Waals surface area (Å²) in [7, 11) is 1.80. The van der Waals surface area contributed by atoms with Gasteiger partial charge >= 0.3 is 0 Å². The van der Waals surface area contributed by atoms with Crippen LogP contribution in [0.25, 0.3) is 0 Å². The maximum absolute atomic E-state index is 6.08. The van der Waals surface area contributed by atoms with Crippen LogP contribution < -0.4 is 5.32 Å². The molecule has 1 aliphatic rings. The Hall–Kier alpha value is -0.120. The molecule has 0 aromatic carbocycles. The summed E-state index contributed by atoms with van der Waals surface area (Å²) in [4.78, 5) is 0. The third-order valence-electron chi connectivity index (χ3n) is 3.26. The molecule has 0 spiro atoms. The zero-order valence-corrected chi connectivity index (χ0v) is 12.1. The molecule has 1 fully saturated rings. The Balaban J connectivity index is 2.23. The molecule has 0 aromatic heterocycles. The Morgan fingerprint density at radius 3 is 2.47 bits per heavy atom. The average molecular weight is 243 g/mol. The molecule has 0 amide bonds. The first-order valence-electron chi connectivity index (χ1n) is 6.84. The average Bonchev–Trinajstić information content (AvgIpc) is 2.26. The first kappa shape index (κ1) is 14.9. The Labute approximate surface area is 106 Å². The van der Waals surface area contributed by atoms with Crippen LogP contribution in [0.1, 0.15) is 53.4 Å². The van der Waals surface area contributed by atoms with Gasteiger partial charge in [0.15, 0.2) is 0 Å². The van der Waals surface area contributed by atoms with Gasteiger partial charge in [0.05, 0.1) is 18.3 Å². The predicted octanol–water partition coefficient (Wildman–Crippen LogP) is 2.74. The molecular formula is C14H29NO2. The van der Waals surface area contributed by atoms with Crippen LogP contribution in [-0.4, -0.2) is 37.5 Å². The molecule has 0 aliphatic heterocycles. The Morgan fingerprint density at radius 1 is 1.24 bits per heavy atom. The van der Waals surface area contributed by atoms with Gasteiger partial charge in [-0.25, -0.2) is 0 Å². The molecule has 3 unspecified atom stereocenters. The van der Waals surface area contributed by atoms with Gasteiger partial charge in [-0.3, -0.25) is 0 Å². The van der Waals surface area contributed by atoms with E-state index in [0.29, 0.717) is 12.2 Å². The van der Waals surface area contributed by atoms with Crippen molar-refractivity contribution in [2.24, 2.45) is 0 Å². The molecule has 3 heteroatoms. The summed E-state index contributed by atoms with van der Waals surface area (Å²) in [5, 5.41) is 3.48. The number of nitrogens with one attached hydrogen (secondary N) is 1. The van der Waals surface area contributed by atoms with E-state index in [0.717, 1.165) is 13.0 Å². The topological polar surface area (TPSA) is 30.5 Å². The monoisotopic (exact) mass is 243 g/mol. The van der Waals surface area contributed by atoms with E-state index in [9.17, 15) is 0 Å². The number of methoxy groups -OCH3 is 1. The van der Waals surface area contributed by atoms with Crippen molar-refractivity contribution in [3.05, 3.63) is 0 Å². The van der Waals surface area contributed by atoms with E-state index < -0.39 is 0 Å². The second-order valence-electron chi connectivity index (χ2n) is 6.22. The minimum atomic E-state index is 0.166. The minimum absolute atomic E-state index is 0.166. The summed E-state index contributed by atoms with van der Waals surface area (Å²) in [5.74, 6) is 0. The first-order valence-corrected chi connectivity index (χ1v) is 6.84. The van der Waals surface area contributed by atoms with Gasteiger partial charge in [-0.15, -0.1) is 0 Å². The Kier molecular flexibility index (Phi) is 5.90. The number of ether oxygens (including phenoxy) is 2. The van der Waals surface area contributed by atoms with Crippen molar-refractivity contribution < 1.29 is 9.47 Å². The van der Waals surface area contributed by atoms with Crippen molar-refractivity contribution >= 4 is 0 Å². The molecule has 0 aromatic rings.